The van der Waals surface area contributed by atoms with Crippen molar-refractivity contribution in [3.8, 4) is 11.4 Å². The van der Waals surface area contributed by atoms with E-state index < -0.39 is 5.97 Å². The van der Waals surface area contributed by atoms with Crippen LogP contribution in [0.3, 0.4) is 0 Å². The fourth-order valence-corrected chi connectivity index (χ4v) is 3.03. The predicted octanol–water partition coefficient (Wildman–Crippen LogP) is 2.91. The first kappa shape index (κ1) is 17.8. The van der Waals surface area contributed by atoms with Gasteiger partial charge < -0.3 is 16.2 Å². The molecule has 0 bridgehead atoms. The molecule has 1 fully saturated rings. The highest BCUT2D eigenvalue weighted by atomic mass is 16.4. The number of benzene rings is 1. The molecule has 2 heterocycles. The third-order valence-electron chi connectivity index (χ3n) is 4.73. The van der Waals surface area contributed by atoms with Crippen molar-refractivity contribution >= 4 is 17.6 Å². The van der Waals surface area contributed by atoms with Crippen LogP contribution in [0, 0.1) is 0 Å². The minimum absolute atomic E-state index is 0.108. The number of aromatic carboxylic acids is 1. The van der Waals surface area contributed by atoms with Crippen LogP contribution in [0.2, 0.25) is 0 Å². The van der Waals surface area contributed by atoms with Crippen LogP contribution < -0.4 is 11.1 Å². The van der Waals surface area contributed by atoms with E-state index in [2.05, 4.69) is 15.3 Å². The van der Waals surface area contributed by atoms with Crippen LogP contribution in [0.15, 0.2) is 60.9 Å². The summed E-state index contributed by atoms with van der Waals surface area (Å²) in [6.07, 6.45) is 3.90. The van der Waals surface area contributed by atoms with Crippen LogP contribution in [0.25, 0.3) is 11.4 Å². The van der Waals surface area contributed by atoms with Gasteiger partial charge in [-0.2, -0.15) is 0 Å². The molecule has 2 aromatic heterocycles. The highest BCUT2D eigenvalue weighted by Crippen LogP contribution is 2.39. The smallest absolute Gasteiger partial charge is 0.335 e. The average molecular weight is 374 g/mol. The van der Waals surface area contributed by atoms with Crippen molar-refractivity contribution in [1.29, 1.82) is 0 Å². The molecule has 0 aliphatic heterocycles. The molecule has 0 spiro atoms. The Morgan fingerprint density at radius 1 is 0.964 bits per heavy atom. The van der Waals surface area contributed by atoms with Crippen LogP contribution in [-0.2, 0) is 0 Å². The molecule has 4 rings (SSSR count). The number of pyridine rings is 2. The van der Waals surface area contributed by atoms with E-state index in [4.69, 9.17) is 10.8 Å². The maximum atomic E-state index is 12.6. The highest BCUT2D eigenvalue weighted by molar-refractivity contribution is 6.04. The Kier molecular flexibility index (Phi) is 4.58. The molecule has 7 nitrogen and oxygen atoms in total. The van der Waals surface area contributed by atoms with Gasteiger partial charge in [0.2, 0.25) is 0 Å². The Morgan fingerprint density at radius 2 is 1.54 bits per heavy atom. The van der Waals surface area contributed by atoms with Crippen molar-refractivity contribution in [3.63, 3.8) is 0 Å². The summed E-state index contributed by atoms with van der Waals surface area (Å²) in [5.41, 5.74) is 9.06. The van der Waals surface area contributed by atoms with Gasteiger partial charge in [0.25, 0.3) is 5.91 Å². The Bertz CT molecular complexity index is 1050. The average Bonchev–Trinajstić information content (AvgIpc) is 3.45. The molecule has 1 saturated carbocycles. The molecule has 7 heteroatoms. The lowest BCUT2D eigenvalue weighted by atomic mass is 10.1. The number of rotatable bonds is 5. The second-order valence-electron chi connectivity index (χ2n) is 6.75. The lowest BCUT2D eigenvalue weighted by molar-refractivity contribution is 0.0696. The second-order valence-corrected chi connectivity index (χ2v) is 6.75. The molecule has 28 heavy (non-hydrogen) atoms. The SMILES string of the molecule is N[C@@H]1C[C@H]1c1ccc(NC(=O)c2ccnc(-c3cc(C(=O)O)ccn3)c2)cc1. The van der Waals surface area contributed by atoms with Gasteiger partial charge in [-0.05, 0) is 48.4 Å². The van der Waals surface area contributed by atoms with Gasteiger partial charge in [0, 0.05) is 35.6 Å². The van der Waals surface area contributed by atoms with Crippen LogP contribution in [0.5, 0.6) is 0 Å². The fourth-order valence-electron chi connectivity index (χ4n) is 3.03. The predicted molar refractivity (Wildman–Crippen MR) is 104 cm³/mol. The number of carbonyl (C=O) groups excluding carboxylic acids is 1. The molecule has 0 unspecified atom stereocenters. The van der Waals surface area contributed by atoms with Gasteiger partial charge in [-0.25, -0.2) is 4.79 Å². The number of carboxylic acid groups (broad SMARTS) is 1. The van der Waals surface area contributed by atoms with Gasteiger partial charge in [0.15, 0.2) is 0 Å². The van der Waals surface area contributed by atoms with Crippen molar-refractivity contribution in [2.24, 2.45) is 5.73 Å². The maximum absolute atomic E-state index is 12.6. The van der Waals surface area contributed by atoms with Crippen molar-refractivity contribution in [1.82, 2.24) is 9.97 Å². The summed E-state index contributed by atoms with van der Waals surface area (Å²) in [5.74, 6) is -0.913. The van der Waals surface area contributed by atoms with Gasteiger partial charge in [-0.15, -0.1) is 0 Å². The molecular formula is C21H18N4O3. The molecule has 3 aromatic rings. The number of carbonyl (C=O) groups is 2. The Balaban J connectivity index is 1.51. The van der Waals surface area contributed by atoms with Crippen LogP contribution in [-0.4, -0.2) is 33.0 Å². The summed E-state index contributed by atoms with van der Waals surface area (Å²) >= 11 is 0. The summed E-state index contributed by atoms with van der Waals surface area (Å²) in [7, 11) is 0. The number of hydrogen-bond donors (Lipinski definition) is 3. The van der Waals surface area contributed by atoms with Gasteiger partial charge in [0.1, 0.15) is 0 Å². The normalized spacial score (nSPS) is 17.8. The fraction of sp³-hybridized carbons (Fsp3) is 0.143. The number of carboxylic acids is 1. The lowest BCUT2D eigenvalue weighted by Crippen LogP contribution is -2.12. The minimum Gasteiger partial charge on any atom is -0.478 e. The van der Waals surface area contributed by atoms with Gasteiger partial charge >= 0.3 is 5.97 Å². The zero-order chi connectivity index (χ0) is 19.7. The molecule has 1 aliphatic rings. The highest BCUT2D eigenvalue weighted by Gasteiger charge is 2.34. The van der Waals surface area contributed by atoms with E-state index in [1.54, 1.807) is 12.1 Å². The lowest BCUT2D eigenvalue weighted by Gasteiger charge is -2.08. The number of nitrogens with one attached hydrogen (secondary N) is 1. The first-order valence-electron chi connectivity index (χ1n) is 8.84. The third kappa shape index (κ3) is 3.74. The molecule has 0 radical (unpaired) electrons. The molecule has 0 saturated heterocycles. The quantitative estimate of drug-likeness (QED) is 0.632. The van der Waals surface area contributed by atoms with E-state index in [1.165, 1.54) is 30.1 Å². The summed E-state index contributed by atoms with van der Waals surface area (Å²) in [6, 6.07) is 13.9. The summed E-state index contributed by atoms with van der Waals surface area (Å²) in [4.78, 5) is 32.1. The number of anilines is 1. The van der Waals surface area contributed by atoms with E-state index >= 15 is 0 Å². The van der Waals surface area contributed by atoms with Crippen LogP contribution in [0.1, 0.15) is 38.6 Å². The number of nitrogens with two attached hydrogens (primary N) is 1. The summed E-state index contributed by atoms with van der Waals surface area (Å²) < 4.78 is 0. The zero-order valence-electron chi connectivity index (χ0n) is 14.9. The maximum Gasteiger partial charge on any atom is 0.335 e. The molecule has 1 aromatic carbocycles. The van der Waals surface area contributed by atoms with Crippen molar-refractivity contribution in [2.45, 2.75) is 18.4 Å². The molecule has 1 aliphatic carbocycles. The van der Waals surface area contributed by atoms with E-state index in [9.17, 15) is 9.59 Å². The second kappa shape index (κ2) is 7.21. The minimum atomic E-state index is -1.05. The largest absolute Gasteiger partial charge is 0.478 e. The van der Waals surface area contributed by atoms with Gasteiger partial charge in [0.05, 0.1) is 17.0 Å². The summed E-state index contributed by atoms with van der Waals surface area (Å²) in [5, 5.41) is 12.0. The topological polar surface area (TPSA) is 118 Å². The van der Waals surface area contributed by atoms with Gasteiger partial charge in [-0.3, -0.25) is 14.8 Å². The number of amides is 1. The third-order valence-corrected chi connectivity index (χ3v) is 4.73. The number of aromatic nitrogens is 2. The molecule has 2 atom stereocenters. The van der Waals surface area contributed by atoms with E-state index in [0.29, 0.717) is 28.6 Å². The zero-order valence-corrected chi connectivity index (χ0v) is 14.9. The van der Waals surface area contributed by atoms with Crippen molar-refractivity contribution in [3.05, 3.63) is 77.6 Å². The Labute approximate surface area is 161 Å². The molecule has 4 N–H and O–H groups in total. The van der Waals surface area contributed by atoms with Gasteiger partial charge in [-0.1, -0.05) is 12.1 Å². The van der Waals surface area contributed by atoms with Crippen LogP contribution >= 0.6 is 0 Å². The van der Waals surface area contributed by atoms with E-state index in [0.717, 1.165) is 6.42 Å². The van der Waals surface area contributed by atoms with E-state index in [1.807, 2.05) is 24.3 Å². The first-order valence-corrected chi connectivity index (χ1v) is 8.84. The molecule has 1 amide bonds. The standard InChI is InChI=1S/C21H18N4O3/c22-17-11-16(17)12-1-3-15(4-2-12)25-20(26)13-5-7-23-18(9-13)19-10-14(21(27)28)6-8-24-19/h1-10,16-17H,11,22H2,(H,25,26)(H,27,28)/t16-,17+/m0/s1. The molecule has 140 valence electrons. The van der Waals surface area contributed by atoms with E-state index in [-0.39, 0.29) is 17.5 Å². The monoisotopic (exact) mass is 374 g/mol. The summed E-state index contributed by atoms with van der Waals surface area (Å²) in [6.45, 7) is 0. The van der Waals surface area contributed by atoms with Crippen molar-refractivity contribution in [2.75, 3.05) is 5.32 Å². The van der Waals surface area contributed by atoms with Crippen LogP contribution in [0.4, 0.5) is 5.69 Å². The number of hydrogen-bond acceptors (Lipinski definition) is 5. The molecular weight excluding hydrogens is 356 g/mol. The first-order chi connectivity index (χ1) is 13.5. The Morgan fingerprint density at radius 3 is 2.11 bits per heavy atom. The number of nitrogens with zero attached hydrogens (tertiary/aromatic N) is 2. The van der Waals surface area contributed by atoms with Crippen molar-refractivity contribution < 1.29 is 14.7 Å². The Hall–Kier alpha value is -3.58.